The van der Waals surface area contributed by atoms with E-state index in [4.69, 9.17) is 9.47 Å². The van der Waals surface area contributed by atoms with E-state index in [1.165, 1.54) is 0 Å². The van der Waals surface area contributed by atoms with Crippen molar-refractivity contribution in [1.29, 1.82) is 0 Å². The van der Waals surface area contributed by atoms with Crippen LogP contribution >= 0.6 is 0 Å². The van der Waals surface area contributed by atoms with Crippen molar-refractivity contribution in [3.63, 3.8) is 0 Å². The summed E-state index contributed by atoms with van der Waals surface area (Å²) in [6, 6.07) is 3.79. The van der Waals surface area contributed by atoms with Crippen molar-refractivity contribution < 1.29 is 9.47 Å². The zero-order valence-corrected chi connectivity index (χ0v) is 17.2. The van der Waals surface area contributed by atoms with Gasteiger partial charge < -0.3 is 9.47 Å². The lowest BCUT2D eigenvalue weighted by molar-refractivity contribution is 0.355. The molecule has 2 rings (SSSR count). The number of fused-ring (bicyclic) bond motifs is 1. The van der Waals surface area contributed by atoms with Gasteiger partial charge in [0.1, 0.15) is 6.33 Å². The quantitative estimate of drug-likeness (QED) is 0.602. The molecule has 0 aliphatic rings. The van der Waals surface area contributed by atoms with Crippen LogP contribution in [-0.4, -0.2) is 24.2 Å². The molecule has 2 aromatic rings. The van der Waals surface area contributed by atoms with Crippen LogP contribution in [-0.2, 0) is 6.42 Å². The van der Waals surface area contributed by atoms with Gasteiger partial charge >= 0.3 is 0 Å². The second kappa shape index (κ2) is 13.6. The van der Waals surface area contributed by atoms with Gasteiger partial charge in [-0.1, -0.05) is 58.6 Å². The fourth-order valence-electron chi connectivity index (χ4n) is 2.22. The first-order valence-corrected chi connectivity index (χ1v) is 9.03. The lowest BCUT2D eigenvalue weighted by atomic mass is 10.0. The molecular weight excluding hydrogens is 324 g/mol. The SMILES string of the molecule is C=C/C=C\C(=C/C)Cc1ncnc2cc(OC)c(OC)cc12.CC.CC. The third-order valence-electron chi connectivity index (χ3n) is 3.41. The average Bonchev–Trinajstić information content (AvgIpc) is 2.72. The number of nitrogens with zero attached hydrogens (tertiary/aromatic N) is 2. The summed E-state index contributed by atoms with van der Waals surface area (Å²) in [7, 11) is 3.24. The molecule has 4 nitrogen and oxygen atoms in total. The standard InChI is InChI=1S/C18H20N2O2.2C2H6/c1-5-7-8-13(6-2)9-15-14-10-17(21-3)18(22-4)11-16(14)20-12-19-15;2*1-2/h5-8,10-12H,1,9H2,2-4H3;2*1-2H3/b8-7-,13-6+;;. The Kier molecular flexibility index (Phi) is 12.3. The third kappa shape index (κ3) is 6.36. The van der Waals surface area contributed by atoms with Crippen LogP contribution in [0.4, 0.5) is 0 Å². The second-order valence-electron chi connectivity index (χ2n) is 4.68. The van der Waals surface area contributed by atoms with Gasteiger partial charge in [0.15, 0.2) is 11.5 Å². The maximum Gasteiger partial charge on any atom is 0.162 e. The molecule has 0 saturated heterocycles. The van der Waals surface area contributed by atoms with Gasteiger partial charge in [-0.25, -0.2) is 9.97 Å². The Morgan fingerprint density at radius 2 is 1.65 bits per heavy atom. The average molecular weight is 357 g/mol. The lowest BCUT2D eigenvalue weighted by Crippen LogP contribution is -1.98. The van der Waals surface area contributed by atoms with E-state index < -0.39 is 0 Å². The Labute approximate surface area is 158 Å². The monoisotopic (exact) mass is 356 g/mol. The van der Waals surface area contributed by atoms with Gasteiger partial charge in [0, 0.05) is 17.9 Å². The number of hydrogen-bond donors (Lipinski definition) is 0. The number of aromatic nitrogens is 2. The summed E-state index contributed by atoms with van der Waals surface area (Å²) >= 11 is 0. The fraction of sp³-hybridized carbons (Fsp3) is 0.364. The van der Waals surface area contributed by atoms with E-state index in [0.29, 0.717) is 11.5 Å². The van der Waals surface area contributed by atoms with Crippen LogP contribution in [0.15, 0.2) is 54.9 Å². The molecule has 0 bridgehead atoms. The molecule has 1 aromatic carbocycles. The van der Waals surface area contributed by atoms with E-state index in [1.54, 1.807) is 26.6 Å². The summed E-state index contributed by atoms with van der Waals surface area (Å²) in [6.07, 6.45) is 10.1. The van der Waals surface area contributed by atoms with Crippen molar-refractivity contribution in [2.75, 3.05) is 14.2 Å². The summed E-state index contributed by atoms with van der Waals surface area (Å²) in [5.74, 6) is 1.34. The topological polar surface area (TPSA) is 44.2 Å². The largest absolute Gasteiger partial charge is 0.493 e. The summed E-state index contributed by atoms with van der Waals surface area (Å²) in [5.41, 5.74) is 2.95. The minimum absolute atomic E-state index is 0.664. The van der Waals surface area contributed by atoms with E-state index in [1.807, 2.05) is 58.9 Å². The Bertz CT molecular complexity index is 734. The van der Waals surface area contributed by atoms with E-state index in [0.717, 1.165) is 28.6 Å². The van der Waals surface area contributed by atoms with Gasteiger partial charge in [0.05, 0.1) is 25.4 Å². The van der Waals surface area contributed by atoms with Crippen molar-refractivity contribution in [1.82, 2.24) is 9.97 Å². The molecule has 0 aliphatic heterocycles. The molecule has 0 fully saturated rings. The molecule has 0 spiro atoms. The molecule has 4 heteroatoms. The Morgan fingerprint density at radius 1 is 1.04 bits per heavy atom. The van der Waals surface area contributed by atoms with Gasteiger partial charge in [0.25, 0.3) is 0 Å². The van der Waals surface area contributed by atoms with Crippen molar-refractivity contribution in [3.05, 3.63) is 60.6 Å². The van der Waals surface area contributed by atoms with Gasteiger partial charge in [-0.05, 0) is 18.6 Å². The van der Waals surface area contributed by atoms with Crippen molar-refractivity contribution in [2.45, 2.75) is 41.0 Å². The smallest absolute Gasteiger partial charge is 0.162 e. The second-order valence-corrected chi connectivity index (χ2v) is 4.68. The maximum atomic E-state index is 5.37. The van der Waals surface area contributed by atoms with Crippen LogP contribution in [0.5, 0.6) is 11.5 Å². The van der Waals surface area contributed by atoms with Crippen molar-refractivity contribution in [2.24, 2.45) is 0 Å². The molecule has 1 heterocycles. The van der Waals surface area contributed by atoms with Crippen LogP contribution in [0.3, 0.4) is 0 Å². The molecular formula is C22H32N2O2. The highest BCUT2D eigenvalue weighted by molar-refractivity contribution is 5.84. The molecule has 0 saturated carbocycles. The van der Waals surface area contributed by atoms with E-state index in [2.05, 4.69) is 22.6 Å². The zero-order chi connectivity index (χ0) is 19.9. The first-order chi connectivity index (χ1) is 12.7. The van der Waals surface area contributed by atoms with Gasteiger partial charge in [0.2, 0.25) is 0 Å². The van der Waals surface area contributed by atoms with E-state index in [9.17, 15) is 0 Å². The Hall–Kier alpha value is -2.62. The molecule has 26 heavy (non-hydrogen) atoms. The van der Waals surface area contributed by atoms with Crippen LogP contribution < -0.4 is 9.47 Å². The predicted octanol–water partition coefficient (Wildman–Crippen LogP) is 5.93. The number of benzene rings is 1. The molecule has 0 N–H and O–H groups in total. The maximum absolute atomic E-state index is 5.37. The summed E-state index contributed by atoms with van der Waals surface area (Å²) in [5, 5.41) is 0.964. The first-order valence-electron chi connectivity index (χ1n) is 9.03. The molecule has 1 aromatic heterocycles. The van der Waals surface area contributed by atoms with Crippen LogP contribution in [0.1, 0.15) is 40.3 Å². The van der Waals surface area contributed by atoms with Crippen molar-refractivity contribution >= 4 is 10.9 Å². The molecule has 0 atom stereocenters. The summed E-state index contributed by atoms with van der Waals surface area (Å²) < 4.78 is 10.7. The highest BCUT2D eigenvalue weighted by atomic mass is 16.5. The van der Waals surface area contributed by atoms with Crippen LogP contribution in [0.25, 0.3) is 10.9 Å². The zero-order valence-electron chi connectivity index (χ0n) is 17.2. The lowest BCUT2D eigenvalue weighted by Gasteiger charge is -2.11. The van der Waals surface area contributed by atoms with E-state index in [-0.39, 0.29) is 0 Å². The van der Waals surface area contributed by atoms with Gasteiger partial charge in [-0.15, -0.1) is 0 Å². The van der Waals surface area contributed by atoms with Crippen molar-refractivity contribution in [3.8, 4) is 11.5 Å². The molecule has 0 aliphatic carbocycles. The Morgan fingerprint density at radius 3 is 2.19 bits per heavy atom. The minimum Gasteiger partial charge on any atom is -0.493 e. The van der Waals surface area contributed by atoms with Gasteiger partial charge in [-0.2, -0.15) is 0 Å². The predicted molar refractivity (Wildman–Crippen MR) is 112 cm³/mol. The normalized spacial score (nSPS) is 10.5. The molecule has 142 valence electrons. The minimum atomic E-state index is 0.664. The van der Waals surface area contributed by atoms with E-state index >= 15 is 0 Å². The fourth-order valence-corrected chi connectivity index (χ4v) is 2.22. The van der Waals surface area contributed by atoms with Crippen LogP contribution in [0, 0.1) is 0 Å². The molecule has 0 unspecified atom stereocenters. The highest BCUT2D eigenvalue weighted by Crippen LogP contribution is 2.32. The highest BCUT2D eigenvalue weighted by Gasteiger charge is 2.11. The van der Waals surface area contributed by atoms with Crippen LogP contribution in [0.2, 0.25) is 0 Å². The number of allylic oxidation sites excluding steroid dienone is 5. The Balaban J connectivity index is 0.00000146. The number of ether oxygens (including phenoxy) is 2. The first kappa shape index (κ1) is 23.4. The number of hydrogen-bond acceptors (Lipinski definition) is 4. The number of rotatable bonds is 6. The molecule has 0 amide bonds. The third-order valence-corrected chi connectivity index (χ3v) is 3.41. The summed E-state index contributed by atoms with van der Waals surface area (Å²) in [6.45, 7) is 13.7. The summed E-state index contributed by atoms with van der Waals surface area (Å²) in [4.78, 5) is 8.75. The van der Waals surface area contributed by atoms with Gasteiger partial charge in [-0.3, -0.25) is 0 Å². The molecule has 0 radical (unpaired) electrons. The number of methoxy groups -OCH3 is 2.